The first kappa shape index (κ1) is 17.7. The zero-order valence-electron chi connectivity index (χ0n) is 15.6. The van der Waals surface area contributed by atoms with E-state index >= 15 is 0 Å². The van der Waals surface area contributed by atoms with Gasteiger partial charge in [0.25, 0.3) is 0 Å². The molecule has 28 heavy (non-hydrogen) atoms. The molecule has 140 valence electrons. The van der Waals surface area contributed by atoms with Crippen LogP contribution in [0.15, 0.2) is 65.6 Å². The van der Waals surface area contributed by atoms with E-state index in [4.69, 9.17) is 4.74 Å². The van der Waals surface area contributed by atoms with Crippen LogP contribution in [-0.2, 0) is 6.54 Å². The molecular weight excluding hydrogens is 354 g/mol. The standard InChI is InChI=1S/C21H19N5O2/c1-14-20(28-2)19(27)11-12-26(14)13-15-7-9-16(10-8-15)17-5-3-4-6-18(17)21-22-24-25-23-21/h3-12H,13H2,1-2H3,(H,22,23,24,25). The lowest BCUT2D eigenvalue weighted by molar-refractivity contribution is 0.401. The first-order chi connectivity index (χ1) is 13.7. The summed E-state index contributed by atoms with van der Waals surface area (Å²) in [5.41, 5.74) is 4.85. The summed E-state index contributed by atoms with van der Waals surface area (Å²) < 4.78 is 7.23. The van der Waals surface area contributed by atoms with Crippen LogP contribution in [0, 0.1) is 6.92 Å². The largest absolute Gasteiger partial charge is 0.491 e. The fourth-order valence-corrected chi connectivity index (χ4v) is 3.27. The van der Waals surface area contributed by atoms with Gasteiger partial charge in [-0.05, 0) is 28.8 Å². The minimum absolute atomic E-state index is 0.107. The van der Waals surface area contributed by atoms with E-state index in [1.54, 1.807) is 6.20 Å². The Morgan fingerprint density at radius 3 is 2.46 bits per heavy atom. The van der Waals surface area contributed by atoms with Gasteiger partial charge in [0.15, 0.2) is 5.75 Å². The average molecular weight is 373 g/mol. The molecule has 4 aromatic rings. The SMILES string of the molecule is COc1c(C)n(Cc2ccc(-c3ccccc3-c3nn[nH]n3)cc2)ccc1=O. The molecule has 0 bridgehead atoms. The fourth-order valence-electron chi connectivity index (χ4n) is 3.27. The Kier molecular flexibility index (Phi) is 4.72. The molecular formula is C21H19N5O2. The zero-order valence-corrected chi connectivity index (χ0v) is 15.6. The topological polar surface area (TPSA) is 85.7 Å². The lowest BCUT2D eigenvalue weighted by Gasteiger charge is -2.14. The third kappa shape index (κ3) is 3.29. The highest BCUT2D eigenvalue weighted by atomic mass is 16.5. The number of nitrogens with zero attached hydrogens (tertiary/aromatic N) is 4. The third-order valence-electron chi connectivity index (χ3n) is 4.72. The summed E-state index contributed by atoms with van der Waals surface area (Å²) >= 11 is 0. The minimum atomic E-state index is -0.107. The molecule has 7 heteroatoms. The number of tetrazole rings is 1. The van der Waals surface area contributed by atoms with Crippen molar-refractivity contribution < 1.29 is 4.74 Å². The molecule has 0 amide bonds. The van der Waals surface area contributed by atoms with Crippen molar-refractivity contribution in [3.05, 3.63) is 82.3 Å². The molecule has 0 aliphatic heterocycles. The lowest BCUT2D eigenvalue weighted by Crippen LogP contribution is -2.13. The Hall–Kier alpha value is -3.74. The van der Waals surface area contributed by atoms with Crippen LogP contribution in [-0.4, -0.2) is 32.3 Å². The maximum atomic E-state index is 11.9. The van der Waals surface area contributed by atoms with Gasteiger partial charge in [-0.2, -0.15) is 5.21 Å². The van der Waals surface area contributed by atoms with E-state index in [0.717, 1.165) is 27.9 Å². The van der Waals surface area contributed by atoms with Gasteiger partial charge in [0, 0.05) is 24.4 Å². The highest BCUT2D eigenvalue weighted by Crippen LogP contribution is 2.29. The Labute approximate surface area is 161 Å². The van der Waals surface area contributed by atoms with Crippen LogP contribution in [0.4, 0.5) is 0 Å². The number of pyridine rings is 1. The first-order valence-corrected chi connectivity index (χ1v) is 8.83. The van der Waals surface area contributed by atoms with Crippen molar-refractivity contribution in [1.29, 1.82) is 0 Å². The molecule has 0 atom stereocenters. The second kappa shape index (κ2) is 7.48. The molecule has 2 aromatic carbocycles. The highest BCUT2D eigenvalue weighted by Gasteiger charge is 2.11. The quantitative estimate of drug-likeness (QED) is 0.581. The van der Waals surface area contributed by atoms with E-state index < -0.39 is 0 Å². The maximum Gasteiger partial charge on any atom is 0.223 e. The van der Waals surface area contributed by atoms with E-state index in [1.807, 2.05) is 35.8 Å². The number of aromatic nitrogens is 5. The van der Waals surface area contributed by atoms with Crippen molar-refractivity contribution in [2.75, 3.05) is 7.11 Å². The van der Waals surface area contributed by atoms with Gasteiger partial charge in [0.05, 0.1) is 12.8 Å². The van der Waals surface area contributed by atoms with Crippen molar-refractivity contribution in [1.82, 2.24) is 25.2 Å². The summed E-state index contributed by atoms with van der Waals surface area (Å²) in [4.78, 5) is 11.9. The Bertz CT molecular complexity index is 1150. The van der Waals surface area contributed by atoms with E-state index in [-0.39, 0.29) is 5.43 Å². The van der Waals surface area contributed by atoms with Crippen molar-refractivity contribution in [2.45, 2.75) is 13.5 Å². The van der Waals surface area contributed by atoms with Gasteiger partial charge in [0.2, 0.25) is 11.3 Å². The third-order valence-corrected chi connectivity index (χ3v) is 4.72. The number of rotatable bonds is 5. The normalized spacial score (nSPS) is 10.8. The Morgan fingerprint density at radius 2 is 1.79 bits per heavy atom. The molecule has 0 aliphatic carbocycles. The van der Waals surface area contributed by atoms with Crippen LogP contribution >= 0.6 is 0 Å². The number of hydrogen-bond donors (Lipinski definition) is 1. The maximum absolute atomic E-state index is 11.9. The van der Waals surface area contributed by atoms with Gasteiger partial charge < -0.3 is 9.30 Å². The van der Waals surface area contributed by atoms with Crippen LogP contribution in [0.3, 0.4) is 0 Å². The second-order valence-electron chi connectivity index (χ2n) is 6.40. The summed E-state index contributed by atoms with van der Waals surface area (Å²) in [6.45, 7) is 2.53. The first-order valence-electron chi connectivity index (χ1n) is 8.83. The second-order valence-corrected chi connectivity index (χ2v) is 6.40. The smallest absolute Gasteiger partial charge is 0.223 e. The van der Waals surface area contributed by atoms with E-state index in [9.17, 15) is 4.79 Å². The van der Waals surface area contributed by atoms with Crippen LogP contribution in [0.2, 0.25) is 0 Å². The molecule has 1 N–H and O–H groups in total. The Morgan fingerprint density at radius 1 is 1.04 bits per heavy atom. The molecule has 2 heterocycles. The van der Waals surface area contributed by atoms with Crippen LogP contribution in [0.1, 0.15) is 11.3 Å². The zero-order chi connectivity index (χ0) is 19.5. The monoisotopic (exact) mass is 373 g/mol. The van der Waals surface area contributed by atoms with Crippen LogP contribution in [0.25, 0.3) is 22.5 Å². The summed E-state index contributed by atoms with van der Waals surface area (Å²) in [7, 11) is 1.52. The summed E-state index contributed by atoms with van der Waals surface area (Å²) in [5.74, 6) is 0.948. The molecule has 7 nitrogen and oxygen atoms in total. The Balaban J connectivity index is 1.64. The van der Waals surface area contributed by atoms with Gasteiger partial charge in [0.1, 0.15) is 0 Å². The van der Waals surface area contributed by atoms with Gasteiger partial charge in [-0.25, -0.2) is 0 Å². The molecule has 0 radical (unpaired) electrons. The molecule has 0 saturated carbocycles. The highest BCUT2D eigenvalue weighted by molar-refractivity contribution is 5.80. The molecule has 0 spiro atoms. The average Bonchev–Trinajstić information content (AvgIpc) is 3.26. The van der Waals surface area contributed by atoms with Crippen molar-refractivity contribution in [2.24, 2.45) is 0 Å². The number of nitrogens with one attached hydrogen (secondary N) is 1. The fraction of sp³-hybridized carbons (Fsp3) is 0.143. The number of H-pyrrole nitrogens is 1. The molecule has 0 aliphatic rings. The van der Waals surface area contributed by atoms with Crippen molar-refractivity contribution in [3.63, 3.8) is 0 Å². The van der Waals surface area contributed by atoms with E-state index in [0.29, 0.717) is 18.1 Å². The minimum Gasteiger partial charge on any atom is -0.491 e. The molecule has 0 saturated heterocycles. The number of methoxy groups -OCH3 is 1. The van der Waals surface area contributed by atoms with Gasteiger partial charge >= 0.3 is 0 Å². The molecule has 4 rings (SSSR count). The predicted molar refractivity (Wildman–Crippen MR) is 106 cm³/mol. The van der Waals surface area contributed by atoms with E-state index in [2.05, 4.69) is 44.9 Å². The number of ether oxygens (including phenoxy) is 1. The summed E-state index contributed by atoms with van der Waals surface area (Å²) in [5, 5.41) is 14.3. The molecule has 0 fully saturated rings. The van der Waals surface area contributed by atoms with E-state index in [1.165, 1.54) is 13.2 Å². The lowest BCUT2D eigenvalue weighted by atomic mass is 9.98. The van der Waals surface area contributed by atoms with Crippen molar-refractivity contribution >= 4 is 0 Å². The van der Waals surface area contributed by atoms with Gasteiger partial charge in [-0.15, -0.1) is 10.2 Å². The summed E-state index contributed by atoms with van der Waals surface area (Å²) in [6, 6.07) is 17.8. The predicted octanol–water partition coefficient (Wildman–Crippen LogP) is 3.06. The number of hydrogen-bond acceptors (Lipinski definition) is 5. The number of aromatic amines is 1. The van der Waals surface area contributed by atoms with Crippen molar-refractivity contribution in [3.8, 4) is 28.3 Å². The van der Waals surface area contributed by atoms with Crippen LogP contribution in [0.5, 0.6) is 5.75 Å². The van der Waals surface area contributed by atoms with Crippen LogP contribution < -0.4 is 10.2 Å². The number of benzene rings is 2. The van der Waals surface area contributed by atoms with Gasteiger partial charge in [-0.3, -0.25) is 4.79 Å². The van der Waals surface area contributed by atoms with Gasteiger partial charge in [-0.1, -0.05) is 48.5 Å². The molecule has 0 unspecified atom stereocenters. The summed E-state index contributed by atoms with van der Waals surface area (Å²) in [6.07, 6.45) is 1.79. The molecule has 2 aromatic heterocycles.